The lowest BCUT2D eigenvalue weighted by molar-refractivity contribution is 1.48. The van der Waals surface area contributed by atoms with Crippen molar-refractivity contribution in [1.29, 1.82) is 21.0 Å². The van der Waals surface area contributed by atoms with Gasteiger partial charge in [-0.2, -0.15) is 21.0 Å². The Morgan fingerprint density at radius 2 is 1.10 bits per heavy atom. The molecule has 0 aliphatic carbocycles. The molecule has 0 heterocycles. The molecule has 136 valence electrons. The molecule has 0 N–H and O–H groups in total. The van der Waals surface area contributed by atoms with Crippen LogP contribution in [-0.4, -0.2) is 0 Å². The summed E-state index contributed by atoms with van der Waals surface area (Å²) in [5, 5.41) is 45.8. The number of hydrogen-bond acceptors (Lipinski definition) is 5. The van der Waals surface area contributed by atoms with E-state index in [4.69, 9.17) is 0 Å². The summed E-state index contributed by atoms with van der Waals surface area (Å²) in [6.07, 6.45) is 0. The smallest absolute Gasteiger partial charge is 0.0998 e. The van der Waals surface area contributed by atoms with E-state index in [2.05, 4.69) is 46.1 Å². The molecule has 0 amide bonds. The Kier molecular flexibility index (Phi) is 3.83. The van der Waals surface area contributed by atoms with Crippen LogP contribution < -0.4 is 5.30 Å². The second-order valence-electron chi connectivity index (χ2n) is 6.98. The van der Waals surface area contributed by atoms with E-state index in [0.29, 0.717) is 48.7 Å². The zero-order chi connectivity index (χ0) is 21.2. The Morgan fingerprint density at radius 3 is 1.70 bits per heavy atom. The number of rotatable bonds is 0. The average Bonchev–Trinajstić information content (AvgIpc) is 2.77. The molecular weight excluding hydrogens is 407 g/mol. The maximum absolute atomic E-state index is 9.90. The summed E-state index contributed by atoms with van der Waals surface area (Å²) < 4.78 is 0. The van der Waals surface area contributed by atoms with Crippen molar-refractivity contribution in [2.24, 2.45) is 0 Å². The van der Waals surface area contributed by atoms with E-state index in [0.717, 1.165) is 26.8 Å². The Labute approximate surface area is 179 Å². The van der Waals surface area contributed by atoms with Crippen molar-refractivity contribution < 1.29 is 0 Å². The van der Waals surface area contributed by atoms with Gasteiger partial charge in [-0.05, 0) is 45.7 Å². The number of hydrogen-bond donors (Lipinski definition) is 1. The van der Waals surface area contributed by atoms with Gasteiger partial charge in [-0.15, -0.1) is 21.9 Å². The van der Waals surface area contributed by atoms with Gasteiger partial charge in [0.2, 0.25) is 0 Å². The van der Waals surface area contributed by atoms with Gasteiger partial charge >= 0.3 is 0 Å². The van der Waals surface area contributed by atoms with Crippen LogP contribution >= 0.6 is 21.9 Å². The minimum atomic E-state index is 0.362. The van der Waals surface area contributed by atoms with Crippen molar-refractivity contribution in [2.45, 2.75) is 4.90 Å². The first kappa shape index (κ1) is 18.2. The van der Waals surface area contributed by atoms with Gasteiger partial charge in [0.05, 0.1) is 46.5 Å². The van der Waals surface area contributed by atoms with Crippen molar-refractivity contribution in [1.82, 2.24) is 0 Å². The molecule has 0 fully saturated rings. The first-order chi connectivity index (χ1) is 14.5. The van der Waals surface area contributed by atoms with Gasteiger partial charge in [-0.3, -0.25) is 0 Å². The van der Waals surface area contributed by atoms with E-state index >= 15 is 0 Å². The summed E-state index contributed by atoms with van der Waals surface area (Å²) in [6.45, 7) is 0. The van der Waals surface area contributed by atoms with E-state index in [1.54, 1.807) is 18.2 Å². The van der Waals surface area contributed by atoms with Crippen molar-refractivity contribution >= 4 is 70.3 Å². The summed E-state index contributed by atoms with van der Waals surface area (Å²) in [4.78, 5) is 0.653. The summed E-state index contributed by atoms with van der Waals surface area (Å²) in [5.74, 6) is 0. The molecule has 0 saturated heterocycles. The highest BCUT2D eigenvalue weighted by Crippen LogP contribution is 2.45. The highest BCUT2D eigenvalue weighted by molar-refractivity contribution is 7.80. The minimum Gasteiger partial charge on any atom is -0.192 e. The molecule has 1 atom stereocenters. The van der Waals surface area contributed by atoms with Gasteiger partial charge in [0, 0.05) is 31.8 Å². The zero-order valence-corrected chi connectivity index (χ0v) is 17.3. The van der Waals surface area contributed by atoms with Crippen LogP contribution in [0.1, 0.15) is 22.3 Å². The van der Waals surface area contributed by atoms with Crippen LogP contribution in [0.2, 0.25) is 0 Å². The van der Waals surface area contributed by atoms with Gasteiger partial charge in [-0.25, -0.2) is 0 Å². The molecule has 6 heteroatoms. The second-order valence-corrected chi connectivity index (χ2v) is 8.08. The van der Waals surface area contributed by atoms with E-state index in [9.17, 15) is 21.0 Å². The van der Waals surface area contributed by atoms with Crippen LogP contribution in [0.25, 0.3) is 43.1 Å². The van der Waals surface area contributed by atoms with Crippen LogP contribution in [0.3, 0.4) is 0 Å². The molecule has 0 aromatic heterocycles. The van der Waals surface area contributed by atoms with Gasteiger partial charge in [-0.1, -0.05) is 12.1 Å². The third-order valence-corrected chi connectivity index (χ3v) is 6.42. The van der Waals surface area contributed by atoms with Crippen molar-refractivity contribution in [3.8, 4) is 24.3 Å². The normalized spacial score (nSPS) is 10.9. The monoisotopic (exact) mass is 416 g/mol. The molecule has 0 spiro atoms. The molecule has 0 bridgehead atoms. The molecule has 0 saturated carbocycles. The third kappa shape index (κ3) is 2.12. The number of fused-ring (bicyclic) bond motifs is 2. The van der Waals surface area contributed by atoms with Gasteiger partial charge in [0.25, 0.3) is 0 Å². The van der Waals surface area contributed by atoms with E-state index in [1.165, 1.54) is 0 Å². The molecule has 30 heavy (non-hydrogen) atoms. The first-order valence-corrected chi connectivity index (χ1v) is 9.91. The van der Waals surface area contributed by atoms with Crippen LogP contribution in [0, 0.1) is 45.3 Å². The van der Waals surface area contributed by atoms with Crippen molar-refractivity contribution in [2.75, 3.05) is 0 Å². The topological polar surface area (TPSA) is 95.2 Å². The molecule has 0 radical (unpaired) electrons. The Balaban J connectivity index is 2.34. The second kappa shape index (κ2) is 6.32. The van der Waals surface area contributed by atoms with Crippen LogP contribution in [0.5, 0.6) is 0 Å². The number of thiol groups is 1. The summed E-state index contributed by atoms with van der Waals surface area (Å²) in [7, 11) is 2.60. The van der Waals surface area contributed by atoms with Crippen molar-refractivity contribution in [3.05, 3.63) is 58.7 Å². The molecule has 5 aromatic carbocycles. The van der Waals surface area contributed by atoms with E-state index in [1.807, 2.05) is 18.2 Å². The maximum Gasteiger partial charge on any atom is 0.0998 e. The van der Waals surface area contributed by atoms with Crippen LogP contribution in [0.4, 0.5) is 0 Å². The molecule has 5 rings (SSSR count). The van der Waals surface area contributed by atoms with E-state index in [-0.39, 0.29) is 0 Å². The minimum absolute atomic E-state index is 0.362. The van der Waals surface area contributed by atoms with Crippen LogP contribution in [0.15, 0.2) is 41.3 Å². The van der Waals surface area contributed by atoms with Crippen LogP contribution in [-0.2, 0) is 0 Å². The standard InChI is InChI=1S/C24H9N4PS/c25-7-11-1-2-15-20-14(10-28)6-17(29)21-13(9-27)5-12(8-26)19(24(20)21)16-3-4-18(30)22(11)23(15)16/h1-6,30H,29H2. The zero-order valence-electron chi connectivity index (χ0n) is 15.3. The highest BCUT2D eigenvalue weighted by atomic mass is 32.1. The fraction of sp³-hybridized carbons (Fsp3) is 0. The fourth-order valence-corrected chi connectivity index (χ4v) is 5.25. The molecule has 0 aliphatic rings. The first-order valence-electron chi connectivity index (χ1n) is 8.88. The molecule has 0 aliphatic heterocycles. The number of nitrogens with zero attached hydrogens (tertiary/aromatic N) is 4. The number of benzene rings is 5. The Morgan fingerprint density at radius 1 is 0.567 bits per heavy atom. The molecule has 5 aromatic rings. The molecule has 4 nitrogen and oxygen atoms in total. The SMILES string of the molecule is N#Cc1ccc2c3c(C#N)cc(P)c4c(C#N)cc(C#N)c(c5ccc(S)c1c25)c43. The largest absolute Gasteiger partial charge is 0.192 e. The quantitative estimate of drug-likeness (QED) is 0.166. The summed E-state index contributed by atoms with van der Waals surface area (Å²) >= 11 is 4.58. The van der Waals surface area contributed by atoms with Gasteiger partial charge < -0.3 is 0 Å². The summed E-state index contributed by atoms with van der Waals surface area (Å²) in [5.41, 5.74) is 1.68. The Bertz CT molecular complexity index is 1740. The highest BCUT2D eigenvalue weighted by Gasteiger charge is 2.23. The van der Waals surface area contributed by atoms with E-state index < -0.39 is 0 Å². The van der Waals surface area contributed by atoms with Gasteiger partial charge in [0.15, 0.2) is 0 Å². The maximum atomic E-state index is 9.90. The Hall–Kier alpha value is -3.86. The fourth-order valence-electron chi connectivity index (χ4n) is 4.48. The lowest BCUT2D eigenvalue weighted by atomic mass is 9.84. The number of nitriles is 4. The molecular formula is C24H9N4PS. The average molecular weight is 416 g/mol. The lowest BCUT2D eigenvalue weighted by Gasteiger charge is -2.19. The predicted molar refractivity (Wildman–Crippen MR) is 123 cm³/mol. The summed E-state index contributed by atoms with van der Waals surface area (Å²) in [6, 6.07) is 19.5. The lowest BCUT2D eigenvalue weighted by Crippen LogP contribution is -2.03. The van der Waals surface area contributed by atoms with Crippen molar-refractivity contribution in [3.63, 3.8) is 0 Å². The predicted octanol–water partition coefficient (Wildman–Crippen LogP) is 5.01. The van der Waals surface area contributed by atoms with Gasteiger partial charge in [0.1, 0.15) is 0 Å². The third-order valence-electron chi connectivity index (χ3n) is 5.59. The molecule has 1 unspecified atom stereocenters.